The van der Waals surface area contributed by atoms with Crippen LogP contribution in [0.4, 0.5) is 0 Å². The summed E-state index contributed by atoms with van der Waals surface area (Å²) in [5, 5.41) is 0.747. The molecule has 1 aromatic carbocycles. The summed E-state index contributed by atoms with van der Waals surface area (Å²) in [5.74, 6) is 0.767. The SMILES string of the molecule is Cc1cccc2c1SC1CCC(C)C=C21. The minimum atomic E-state index is 0.747. The molecule has 1 aliphatic carbocycles. The zero-order valence-electron chi connectivity index (χ0n) is 9.29. The molecule has 2 aliphatic rings. The van der Waals surface area contributed by atoms with Crippen LogP contribution in [0.3, 0.4) is 0 Å². The lowest BCUT2D eigenvalue weighted by Gasteiger charge is -2.20. The number of fused-ring (bicyclic) bond motifs is 3. The van der Waals surface area contributed by atoms with Gasteiger partial charge in [0, 0.05) is 10.1 Å². The summed E-state index contributed by atoms with van der Waals surface area (Å²) in [7, 11) is 0. The van der Waals surface area contributed by atoms with Crippen LogP contribution >= 0.6 is 11.8 Å². The van der Waals surface area contributed by atoms with Crippen LogP contribution in [-0.2, 0) is 0 Å². The lowest BCUT2D eigenvalue weighted by Crippen LogP contribution is -2.09. The highest BCUT2D eigenvalue weighted by Crippen LogP contribution is 2.50. The summed E-state index contributed by atoms with van der Waals surface area (Å²) in [6, 6.07) is 6.71. The number of aryl methyl sites for hydroxylation is 1. The van der Waals surface area contributed by atoms with Gasteiger partial charge in [-0.2, -0.15) is 0 Å². The quantitative estimate of drug-likeness (QED) is 0.623. The molecule has 0 aromatic heterocycles. The summed E-state index contributed by atoms with van der Waals surface area (Å²) in [6.07, 6.45) is 5.20. The van der Waals surface area contributed by atoms with E-state index in [9.17, 15) is 0 Å². The first-order valence-electron chi connectivity index (χ1n) is 5.74. The van der Waals surface area contributed by atoms with Crippen LogP contribution in [0.5, 0.6) is 0 Å². The van der Waals surface area contributed by atoms with Crippen LogP contribution in [0.2, 0.25) is 0 Å². The van der Waals surface area contributed by atoms with Gasteiger partial charge in [0.15, 0.2) is 0 Å². The maximum Gasteiger partial charge on any atom is 0.0348 e. The fraction of sp³-hybridized carbons (Fsp3) is 0.429. The van der Waals surface area contributed by atoms with Crippen molar-refractivity contribution in [2.24, 2.45) is 5.92 Å². The molecule has 0 saturated heterocycles. The second kappa shape index (κ2) is 3.41. The summed E-state index contributed by atoms with van der Waals surface area (Å²) in [5.41, 5.74) is 4.56. The van der Waals surface area contributed by atoms with Gasteiger partial charge < -0.3 is 0 Å². The van der Waals surface area contributed by atoms with Crippen LogP contribution in [0.1, 0.15) is 30.9 Å². The van der Waals surface area contributed by atoms with E-state index < -0.39 is 0 Å². The van der Waals surface area contributed by atoms with E-state index in [1.54, 1.807) is 5.57 Å². The Morgan fingerprint density at radius 3 is 3.00 bits per heavy atom. The third-order valence-electron chi connectivity index (χ3n) is 3.48. The molecule has 2 unspecified atom stereocenters. The van der Waals surface area contributed by atoms with Crippen molar-refractivity contribution in [3.63, 3.8) is 0 Å². The Kier molecular flexibility index (Phi) is 2.17. The molecule has 0 radical (unpaired) electrons. The molecule has 0 spiro atoms. The Hall–Kier alpha value is -0.690. The highest BCUT2D eigenvalue weighted by molar-refractivity contribution is 8.01. The third kappa shape index (κ3) is 1.45. The van der Waals surface area contributed by atoms with Gasteiger partial charge in [-0.1, -0.05) is 31.2 Å². The van der Waals surface area contributed by atoms with E-state index in [0.717, 1.165) is 11.2 Å². The fourth-order valence-corrected chi connectivity index (χ4v) is 4.07. The van der Waals surface area contributed by atoms with Gasteiger partial charge in [-0.3, -0.25) is 0 Å². The van der Waals surface area contributed by atoms with Gasteiger partial charge in [0.05, 0.1) is 0 Å². The molecule has 78 valence electrons. The Morgan fingerprint density at radius 2 is 2.13 bits per heavy atom. The standard InChI is InChI=1S/C14H16S/c1-9-6-7-13-12(8-9)11-5-3-4-10(2)14(11)15-13/h3-5,8-9,13H,6-7H2,1-2H3. The molecule has 1 aliphatic heterocycles. The molecule has 0 N–H and O–H groups in total. The van der Waals surface area contributed by atoms with E-state index in [1.165, 1.54) is 28.9 Å². The Bertz CT molecular complexity index is 431. The van der Waals surface area contributed by atoms with Gasteiger partial charge >= 0.3 is 0 Å². The van der Waals surface area contributed by atoms with Gasteiger partial charge in [-0.25, -0.2) is 0 Å². The molecule has 1 aromatic rings. The molecule has 0 saturated carbocycles. The van der Waals surface area contributed by atoms with Gasteiger partial charge in [-0.05, 0) is 42.4 Å². The van der Waals surface area contributed by atoms with Gasteiger partial charge in [0.2, 0.25) is 0 Å². The number of hydrogen-bond acceptors (Lipinski definition) is 1. The van der Waals surface area contributed by atoms with Gasteiger partial charge in [0.1, 0.15) is 0 Å². The van der Waals surface area contributed by atoms with Crippen molar-refractivity contribution in [2.45, 2.75) is 36.8 Å². The van der Waals surface area contributed by atoms with E-state index in [-0.39, 0.29) is 0 Å². The van der Waals surface area contributed by atoms with E-state index in [1.807, 2.05) is 0 Å². The number of rotatable bonds is 0. The van der Waals surface area contributed by atoms with Crippen LogP contribution in [0.25, 0.3) is 5.57 Å². The number of thioether (sulfide) groups is 1. The Labute approximate surface area is 95.8 Å². The molecule has 0 nitrogen and oxygen atoms in total. The predicted molar refractivity (Wildman–Crippen MR) is 67.2 cm³/mol. The van der Waals surface area contributed by atoms with Crippen molar-refractivity contribution in [1.29, 1.82) is 0 Å². The lowest BCUT2D eigenvalue weighted by molar-refractivity contribution is 0.600. The zero-order valence-corrected chi connectivity index (χ0v) is 10.1. The normalized spacial score (nSPS) is 28.3. The van der Waals surface area contributed by atoms with Crippen molar-refractivity contribution >= 4 is 17.3 Å². The third-order valence-corrected chi connectivity index (χ3v) is 5.03. The van der Waals surface area contributed by atoms with E-state index in [2.05, 4.69) is 49.9 Å². The average molecular weight is 216 g/mol. The minimum absolute atomic E-state index is 0.747. The molecule has 15 heavy (non-hydrogen) atoms. The zero-order chi connectivity index (χ0) is 10.4. The topological polar surface area (TPSA) is 0 Å². The average Bonchev–Trinajstić information content (AvgIpc) is 2.58. The van der Waals surface area contributed by atoms with Crippen molar-refractivity contribution in [2.75, 3.05) is 0 Å². The number of benzene rings is 1. The lowest BCUT2D eigenvalue weighted by atomic mass is 9.88. The summed E-state index contributed by atoms with van der Waals surface area (Å²) in [6.45, 7) is 4.56. The molecule has 1 heteroatoms. The first-order valence-corrected chi connectivity index (χ1v) is 6.62. The van der Waals surface area contributed by atoms with Crippen molar-refractivity contribution in [3.8, 4) is 0 Å². The minimum Gasteiger partial charge on any atom is -0.117 e. The molecular weight excluding hydrogens is 200 g/mol. The maximum absolute atomic E-state index is 2.49. The second-order valence-corrected chi connectivity index (χ2v) is 5.95. The summed E-state index contributed by atoms with van der Waals surface area (Å²) < 4.78 is 0. The van der Waals surface area contributed by atoms with Gasteiger partial charge in [-0.15, -0.1) is 11.8 Å². The molecule has 0 fully saturated rings. The van der Waals surface area contributed by atoms with E-state index in [4.69, 9.17) is 0 Å². The molecule has 3 rings (SSSR count). The number of hydrogen-bond donors (Lipinski definition) is 0. The Morgan fingerprint density at radius 1 is 1.27 bits per heavy atom. The maximum atomic E-state index is 2.49. The largest absolute Gasteiger partial charge is 0.117 e. The monoisotopic (exact) mass is 216 g/mol. The molecule has 0 amide bonds. The highest BCUT2D eigenvalue weighted by Gasteiger charge is 2.31. The van der Waals surface area contributed by atoms with Crippen LogP contribution < -0.4 is 0 Å². The first kappa shape index (κ1) is 9.53. The smallest absolute Gasteiger partial charge is 0.0348 e. The molecular formula is C14H16S. The van der Waals surface area contributed by atoms with Crippen LogP contribution in [-0.4, -0.2) is 5.25 Å². The first-order chi connectivity index (χ1) is 7.25. The summed E-state index contributed by atoms with van der Waals surface area (Å²) in [4.78, 5) is 1.53. The second-order valence-electron chi connectivity index (χ2n) is 4.73. The molecule has 1 heterocycles. The van der Waals surface area contributed by atoms with Gasteiger partial charge in [0.25, 0.3) is 0 Å². The number of allylic oxidation sites excluding steroid dienone is 1. The Balaban J connectivity index is 2.14. The molecule has 2 atom stereocenters. The predicted octanol–water partition coefficient (Wildman–Crippen LogP) is 4.28. The van der Waals surface area contributed by atoms with Crippen LogP contribution in [0, 0.1) is 12.8 Å². The van der Waals surface area contributed by atoms with Crippen molar-refractivity contribution < 1.29 is 0 Å². The van der Waals surface area contributed by atoms with E-state index in [0.29, 0.717) is 0 Å². The summed E-state index contributed by atoms with van der Waals surface area (Å²) >= 11 is 2.08. The van der Waals surface area contributed by atoms with Crippen LogP contribution in [0.15, 0.2) is 29.2 Å². The van der Waals surface area contributed by atoms with Crippen molar-refractivity contribution in [3.05, 3.63) is 35.4 Å². The van der Waals surface area contributed by atoms with E-state index >= 15 is 0 Å². The fourth-order valence-electron chi connectivity index (χ4n) is 2.63. The highest BCUT2D eigenvalue weighted by atomic mass is 32.2. The molecule has 0 bridgehead atoms. The van der Waals surface area contributed by atoms with Crippen molar-refractivity contribution in [1.82, 2.24) is 0 Å².